The van der Waals surface area contributed by atoms with Crippen LogP contribution in [0.3, 0.4) is 0 Å². The third-order valence-corrected chi connectivity index (χ3v) is 4.19. The number of hydrazone groups is 1. The van der Waals surface area contributed by atoms with Gasteiger partial charge in [-0.25, -0.2) is 5.43 Å². The van der Waals surface area contributed by atoms with E-state index in [1.807, 2.05) is 30.3 Å². The molecule has 0 fully saturated rings. The molecule has 7 heteroatoms. The standard InChI is InChI=1S/C22H19N3O4/c1-16(18-7-11-20(12-8-18)25(27)28)23-24-22(26)19-9-13-21(14-10-19)29-15-17-5-3-2-4-6-17/h2-14H,15H2,1H3,(H,24,26)/b23-16-. The van der Waals surface area contributed by atoms with Crippen LogP contribution >= 0.6 is 0 Å². The number of non-ortho nitro benzene ring substituents is 1. The van der Waals surface area contributed by atoms with Gasteiger partial charge in [-0.1, -0.05) is 30.3 Å². The van der Waals surface area contributed by atoms with Crippen LogP contribution in [0.25, 0.3) is 0 Å². The van der Waals surface area contributed by atoms with Crippen molar-refractivity contribution in [1.29, 1.82) is 0 Å². The van der Waals surface area contributed by atoms with Crippen molar-refractivity contribution >= 4 is 17.3 Å². The fourth-order valence-corrected chi connectivity index (χ4v) is 2.53. The lowest BCUT2D eigenvalue weighted by molar-refractivity contribution is -0.384. The lowest BCUT2D eigenvalue weighted by Gasteiger charge is -2.07. The average molecular weight is 389 g/mol. The summed E-state index contributed by atoms with van der Waals surface area (Å²) in [5, 5.41) is 14.8. The van der Waals surface area contributed by atoms with Gasteiger partial charge in [-0.15, -0.1) is 0 Å². The van der Waals surface area contributed by atoms with E-state index < -0.39 is 4.92 Å². The van der Waals surface area contributed by atoms with Crippen LogP contribution in [0.15, 0.2) is 84.0 Å². The highest BCUT2D eigenvalue weighted by Gasteiger charge is 2.08. The molecule has 3 aromatic carbocycles. The van der Waals surface area contributed by atoms with Gasteiger partial charge in [0.25, 0.3) is 11.6 Å². The zero-order valence-corrected chi connectivity index (χ0v) is 15.7. The van der Waals surface area contributed by atoms with Gasteiger partial charge in [0.1, 0.15) is 12.4 Å². The molecule has 0 saturated heterocycles. The highest BCUT2D eigenvalue weighted by Crippen LogP contribution is 2.15. The Kier molecular flexibility index (Phi) is 6.32. The first kappa shape index (κ1) is 19.8. The highest BCUT2D eigenvalue weighted by atomic mass is 16.6. The molecule has 0 heterocycles. The first-order chi connectivity index (χ1) is 14.0. The SMILES string of the molecule is C/C(=N/NC(=O)c1ccc(OCc2ccccc2)cc1)c1ccc([N+](=O)[O-])cc1. The molecule has 3 aromatic rings. The topological polar surface area (TPSA) is 93.8 Å². The van der Waals surface area contributed by atoms with Gasteiger partial charge in [0, 0.05) is 17.7 Å². The average Bonchev–Trinajstić information content (AvgIpc) is 2.77. The number of nitro benzene ring substituents is 1. The molecule has 0 atom stereocenters. The molecule has 0 bridgehead atoms. The molecule has 1 amide bonds. The molecule has 0 aliphatic carbocycles. The minimum Gasteiger partial charge on any atom is -0.489 e. The van der Waals surface area contributed by atoms with Gasteiger partial charge in [0.2, 0.25) is 0 Å². The van der Waals surface area contributed by atoms with Crippen LogP contribution in [0.5, 0.6) is 5.75 Å². The van der Waals surface area contributed by atoms with E-state index in [1.165, 1.54) is 12.1 Å². The van der Waals surface area contributed by atoms with Crippen molar-refractivity contribution in [3.8, 4) is 5.75 Å². The molecule has 0 unspecified atom stereocenters. The predicted molar refractivity (Wildman–Crippen MR) is 110 cm³/mol. The van der Waals surface area contributed by atoms with Crippen LogP contribution < -0.4 is 10.2 Å². The fourth-order valence-electron chi connectivity index (χ4n) is 2.53. The van der Waals surface area contributed by atoms with E-state index in [4.69, 9.17) is 4.74 Å². The third-order valence-electron chi connectivity index (χ3n) is 4.19. The number of amides is 1. The van der Waals surface area contributed by atoms with Crippen molar-refractivity contribution in [3.63, 3.8) is 0 Å². The van der Waals surface area contributed by atoms with Gasteiger partial charge in [0.05, 0.1) is 10.6 Å². The van der Waals surface area contributed by atoms with E-state index in [9.17, 15) is 14.9 Å². The minimum atomic E-state index is -0.467. The zero-order valence-electron chi connectivity index (χ0n) is 15.7. The van der Waals surface area contributed by atoms with Crippen LogP contribution in [0.2, 0.25) is 0 Å². The Morgan fingerprint density at radius 2 is 1.59 bits per heavy atom. The van der Waals surface area contributed by atoms with Gasteiger partial charge in [-0.3, -0.25) is 14.9 Å². The van der Waals surface area contributed by atoms with E-state index in [2.05, 4.69) is 10.5 Å². The second-order valence-corrected chi connectivity index (χ2v) is 6.24. The molecule has 0 spiro atoms. The number of nitrogens with one attached hydrogen (secondary N) is 1. The monoisotopic (exact) mass is 389 g/mol. The lowest BCUT2D eigenvalue weighted by atomic mass is 10.1. The molecule has 0 aliphatic heterocycles. The van der Waals surface area contributed by atoms with Crippen LogP contribution in [0, 0.1) is 10.1 Å². The van der Waals surface area contributed by atoms with Crippen molar-refractivity contribution in [2.24, 2.45) is 5.10 Å². The number of nitro groups is 1. The smallest absolute Gasteiger partial charge is 0.271 e. The summed E-state index contributed by atoms with van der Waals surface area (Å²) in [7, 11) is 0. The second kappa shape index (κ2) is 9.27. The summed E-state index contributed by atoms with van der Waals surface area (Å²) in [4.78, 5) is 22.5. The summed E-state index contributed by atoms with van der Waals surface area (Å²) in [5.41, 5.74) is 5.21. The number of carbonyl (C=O) groups is 1. The van der Waals surface area contributed by atoms with Crippen molar-refractivity contribution in [1.82, 2.24) is 5.43 Å². The number of hydrogen-bond donors (Lipinski definition) is 1. The molecule has 0 aliphatic rings. The molecule has 1 N–H and O–H groups in total. The Balaban J connectivity index is 1.57. The Morgan fingerprint density at radius 3 is 2.21 bits per heavy atom. The number of carbonyl (C=O) groups excluding carboxylic acids is 1. The molecule has 0 radical (unpaired) electrons. The summed E-state index contributed by atoms with van der Waals surface area (Å²) in [6.07, 6.45) is 0. The van der Waals surface area contributed by atoms with Gasteiger partial charge < -0.3 is 4.74 Å². The molecule has 29 heavy (non-hydrogen) atoms. The Bertz CT molecular complexity index is 1010. The number of hydrogen-bond acceptors (Lipinski definition) is 5. The Morgan fingerprint density at radius 1 is 0.966 bits per heavy atom. The number of rotatable bonds is 7. The van der Waals surface area contributed by atoms with Crippen molar-refractivity contribution in [2.45, 2.75) is 13.5 Å². The maximum absolute atomic E-state index is 12.3. The first-order valence-corrected chi connectivity index (χ1v) is 8.89. The largest absolute Gasteiger partial charge is 0.489 e. The summed E-state index contributed by atoms with van der Waals surface area (Å²) < 4.78 is 5.70. The molecule has 0 aromatic heterocycles. The second-order valence-electron chi connectivity index (χ2n) is 6.24. The number of ether oxygens (including phenoxy) is 1. The van der Waals surface area contributed by atoms with Crippen LogP contribution in [-0.4, -0.2) is 16.5 Å². The van der Waals surface area contributed by atoms with Gasteiger partial charge >= 0.3 is 0 Å². The quantitative estimate of drug-likeness (QED) is 0.370. The van der Waals surface area contributed by atoms with Gasteiger partial charge in [-0.2, -0.15) is 5.10 Å². The van der Waals surface area contributed by atoms with Crippen molar-refractivity contribution < 1.29 is 14.5 Å². The van der Waals surface area contributed by atoms with E-state index in [0.717, 1.165) is 5.56 Å². The predicted octanol–water partition coefficient (Wildman–Crippen LogP) is 4.33. The number of benzene rings is 3. The molecule has 3 rings (SSSR count). The summed E-state index contributed by atoms with van der Waals surface area (Å²) in [6, 6.07) is 22.5. The molecular weight excluding hydrogens is 370 g/mol. The molecule has 146 valence electrons. The molecule has 0 saturated carbocycles. The zero-order chi connectivity index (χ0) is 20.6. The number of nitrogens with zero attached hydrogens (tertiary/aromatic N) is 2. The Labute approximate surface area is 167 Å². The van der Waals surface area contributed by atoms with Crippen LogP contribution in [-0.2, 0) is 6.61 Å². The maximum atomic E-state index is 12.3. The summed E-state index contributed by atoms with van der Waals surface area (Å²) in [5.74, 6) is 0.303. The Hall–Kier alpha value is -4.00. The fraction of sp³-hybridized carbons (Fsp3) is 0.0909. The molecular formula is C22H19N3O4. The van der Waals surface area contributed by atoms with Crippen molar-refractivity contribution in [2.75, 3.05) is 0 Å². The highest BCUT2D eigenvalue weighted by molar-refractivity contribution is 6.01. The first-order valence-electron chi connectivity index (χ1n) is 8.89. The van der Waals surface area contributed by atoms with E-state index >= 15 is 0 Å². The van der Waals surface area contributed by atoms with Gasteiger partial charge in [-0.05, 0) is 54.4 Å². The maximum Gasteiger partial charge on any atom is 0.271 e. The van der Waals surface area contributed by atoms with Crippen LogP contribution in [0.1, 0.15) is 28.4 Å². The lowest BCUT2D eigenvalue weighted by Crippen LogP contribution is -2.19. The van der Waals surface area contributed by atoms with E-state index in [1.54, 1.807) is 43.3 Å². The van der Waals surface area contributed by atoms with Gasteiger partial charge in [0.15, 0.2) is 0 Å². The normalized spacial score (nSPS) is 11.0. The molecule has 7 nitrogen and oxygen atoms in total. The van der Waals surface area contributed by atoms with Crippen molar-refractivity contribution in [3.05, 3.63) is 106 Å². The van der Waals surface area contributed by atoms with E-state index in [0.29, 0.717) is 29.2 Å². The minimum absolute atomic E-state index is 0.000147. The van der Waals surface area contributed by atoms with E-state index in [-0.39, 0.29) is 11.6 Å². The summed E-state index contributed by atoms with van der Waals surface area (Å²) in [6.45, 7) is 2.16. The third kappa shape index (κ3) is 5.49. The summed E-state index contributed by atoms with van der Waals surface area (Å²) >= 11 is 0. The van der Waals surface area contributed by atoms with Crippen LogP contribution in [0.4, 0.5) is 5.69 Å².